The van der Waals surface area contributed by atoms with Crippen molar-refractivity contribution >= 4 is 17.2 Å². The average molecular weight is 288 g/mol. The monoisotopic (exact) mass is 288 g/mol. The molecule has 3 rings (SSSR count). The van der Waals surface area contributed by atoms with E-state index in [9.17, 15) is 9.90 Å². The Morgan fingerprint density at radius 2 is 2.20 bits per heavy atom. The van der Waals surface area contributed by atoms with Crippen LogP contribution in [-0.4, -0.2) is 39.6 Å². The van der Waals surface area contributed by atoms with E-state index in [1.165, 1.54) is 11.3 Å². The molecule has 0 saturated carbocycles. The molecule has 1 aromatic carbocycles. The lowest BCUT2D eigenvalue weighted by Gasteiger charge is -2.25. The van der Waals surface area contributed by atoms with Crippen molar-refractivity contribution in [1.82, 2.24) is 9.88 Å². The van der Waals surface area contributed by atoms with Crippen LogP contribution in [0.15, 0.2) is 41.2 Å². The minimum Gasteiger partial charge on any atom is -0.391 e. The quantitative estimate of drug-likeness (QED) is 0.939. The molecule has 1 aromatic heterocycles. The van der Waals surface area contributed by atoms with Crippen LogP contribution in [-0.2, 0) is 6.42 Å². The number of likely N-dealkylation sites (tertiary alicyclic amines) is 1. The number of nitrogens with zero attached hydrogens (tertiary/aromatic N) is 2. The van der Waals surface area contributed by atoms with Crippen LogP contribution >= 0.6 is 11.3 Å². The molecule has 1 aliphatic rings. The molecule has 0 aliphatic carbocycles. The highest BCUT2D eigenvalue weighted by Gasteiger charge is 2.36. The van der Waals surface area contributed by atoms with Crippen molar-refractivity contribution in [2.24, 2.45) is 0 Å². The van der Waals surface area contributed by atoms with Gasteiger partial charge in [-0.15, -0.1) is 11.3 Å². The molecule has 0 radical (unpaired) electrons. The fourth-order valence-corrected chi connectivity index (χ4v) is 3.18. The zero-order valence-corrected chi connectivity index (χ0v) is 11.8. The van der Waals surface area contributed by atoms with Crippen LogP contribution in [0.2, 0.25) is 0 Å². The van der Waals surface area contributed by atoms with Gasteiger partial charge in [-0.3, -0.25) is 4.79 Å². The summed E-state index contributed by atoms with van der Waals surface area (Å²) in [4.78, 5) is 18.2. The van der Waals surface area contributed by atoms with Crippen LogP contribution in [0.25, 0.3) is 0 Å². The predicted molar refractivity (Wildman–Crippen MR) is 77.7 cm³/mol. The van der Waals surface area contributed by atoms with Gasteiger partial charge in [0.25, 0.3) is 5.91 Å². The van der Waals surface area contributed by atoms with Gasteiger partial charge in [0.1, 0.15) is 5.69 Å². The first-order chi connectivity index (χ1) is 9.75. The Morgan fingerprint density at radius 1 is 1.40 bits per heavy atom. The van der Waals surface area contributed by atoms with Gasteiger partial charge >= 0.3 is 0 Å². The summed E-state index contributed by atoms with van der Waals surface area (Å²) in [6, 6.07) is 9.80. The Labute approximate surface area is 121 Å². The van der Waals surface area contributed by atoms with Crippen molar-refractivity contribution in [2.75, 3.05) is 6.54 Å². The second kappa shape index (κ2) is 5.73. The zero-order chi connectivity index (χ0) is 13.9. The van der Waals surface area contributed by atoms with E-state index in [2.05, 4.69) is 4.98 Å². The van der Waals surface area contributed by atoms with E-state index in [1.54, 1.807) is 15.8 Å². The molecular formula is C15H16N2O2S. The predicted octanol–water partition coefficient (Wildman–Crippen LogP) is 1.96. The van der Waals surface area contributed by atoms with E-state index < -0.39 is 6.10 Å². The number of rotatable bonds is 3. The summed E-state index contributed by atoms with van der Waals surface area (Å²) in [5.41, 5.74) is 3.27. The first kappa shape index (κ1) is 13.3. The van der Waals surface area contributed by atoms with Crippen LogP contribution in [0.5, 0.6) is 0 Å². The number of aliphatic hydroxyl groups is 1. The maximum Gasteiger partial charge on any atom is 0.273 e. The molecule has 1 aliphatic heterocycles. The summed E-state index contributed by atoms with van der Waals surface area (Å²) in [6.45, 7) is 0.592. The highest BCUT2D eigenvalue weighted by Crippen LogP contribution is 2.24. The van der Waals surface area contributed by atoms with E-state index in [4.69, 9.17) is 0 Å². The summed E-state index contributed by atoms with van der Waals surface area (Å²) in [5, 5.41) is 11.9. The van der Waals surface area contributed by atoms with E-state index in [-0.39, 0.29) is 11.9 Å². The normalized spacial score (nSPS) is 22.1. The number of aromatic nitrogens is 1. The van der Waals surface area contributed by atoms with Crippen molar-refractivity contribution < 1.29 is 9.90 Å². The number of benzene rings is 1. The van der Waals surface area contributed by atoms with Gasteiger partial charge in [0.2, 0.25) is 0 Å². The molecule has 20 heavy (non-hydrogen) atoms. The van der Waals surface area contributed by atoms with Crippen LogP contribution in [0.1, 0.15) is 22.5 Å². The SMILES string of the molecule is O=C(c1cscn1)N1CC[C@@H](O)[C@@H]1Cc1ccccc1. The third-order valence-electron chi connectivity index (χ3n) is 3.71. The van der Waals surface area contributed by atoms with Gasteiger partial charge in [0.05, 0.1) is 17.7 Å². The fourth-order valence-electron chi connectivity index (χ4n) is 2.66. The smallest absolute Gasteiger partial charge is 0.273 e. The molecule has 0 bridgehead atoms. The van der Waals surface area contributed by atoms with Crippen molar-refractivity contribution in [1.29, 1.82) is 0 Å². The number of thiazole rings is 1. The van der Waals surface area contributed by atoms with E-state index >= 15 is 0 Å². The molecule has 1 fully saturated rings. The summed E-state index contributed by atoms with van der Waals surface area (Å²) in [6.07, 6.45) is 0.850. The maximum atomic E-state index is 12.4. The Kier molecular flexibility index (Phi) is 3.80. The van der Waals surface area contributed by atoms with Crippen LogP contribution in [0, 0.1) is 0 Å². The number of carbonyl (C=O) groups is 1. The molecule has 1 amide bonds. The first-order valence-electron chi connectivity index (χ1n) is 6.67. The zero-order valence-electron chi connectivity index (χ0n) is 11.0. The summed E-state index contributed by atoms with van der Waals surface area (Å²) in [7, 11) is 0. The molecule has 2 heterocycles. The number of amides is 1. The van der Waals surface area contributed by atoms with Crippen LogP contribution < -0.4 is 0 Å². The van der Waals surface area contributed by atoms with E-state index in [0.29, 0.717) is 25.1 Å². The van der Waals surface area contributed by atoms with Gasteiger partial charge in [-0.2, -0.15) is 0 Å². The Bertz CT molecular complexity index is 571. The molecule has 0 unspecified atom stereocenters. The Morgan fingerprint density at radius 3 is 2.90 bits per heavy atom. The van der Waals surface area contributed by atoms with Crippen molar-refractivity contribution in [3.8, 4) is 0 Å². The maximum absolute atomic E-state index is 12.4. The molecule has 1 N–H and O–H groups in total. The standard InChI is InChI=1S/C15H16N2O2S/c18-14-6-7-17(15(19)12-9-20-10-16-12)13(14)8-11-4-2-1-3-5-11/h1-5,9-10,13-14,18H,6-8H2/t13-,14+/m0/s1. The van der Waals surface area contributed by atoms with Gasteiger partial charge < -0.3 is 10.0 Å². The topological polar surface area (TPSA) is 53.4 Å². The fraction of sp³-hybridized carbons (Fsp3) is 0.333. The first-order valence-corrected chi connectivity index (χ1v) is 7.61. The van der Waals surface area contributed by atoms with Crippen LogP contribution in [0.4, 0.5) is 0 Å². The van der Waals surface area contributed by atoms with Crippen molar-refractivity contribution in [3.63, 3.8) is 0 Å². The minimum atomic E-state index is -0.460. The molecule has 104 valence electrons. The number of hydrogen-bond donors (Lipinski definition) is 1. The molecule has 4 nitrogen and oxygen atoms in total. The second-order valence-electron chi connectivity index (χ2n) is 4.99. The molecule has 0 spiro atoms. The Hall–Kier alpha value is -1.72. The van der Waals surface area contributed by atoms with Crippen molar-refractivity contribution in [2.45, 2.75) is 25.0 Å². The van der Waals surface area contributed by atoms with Gasteiger partial charge in [0.15, 0.2) is 0 Å². The highest BCUT2D eigenvalue weighted by atomic mass is 32.1. The van der Waals surface area contributed by atoms with Gasteiger partial charge in [-0.25, -0.2) is 4.98 Å². The average Bonchev–Trinajstić information content (AvgIpc) is 3.11. The van der Waals surface area contributed by atoms with Crippen LogP contribution in [0.3, 0.4) is 0 Å². The minimum absolute atomic E-state index is 0.0799. The summed E-state index contributed by atoms with van der Waals surface area (Å²) in [5.74, 6) is -0.0799. The lowest BCUT2D eigenvalue weighted by molar-refractivity contribution is 0.0635. The number of carbonyl (C=O) groups excluding carboxylic acids is 1. The second-order valence-corrected chi connectivity index (χ2v) is 5.70. The number of aliphatic hydroxyl groups excluding tert-OH is 1. The molecule has 5 heteroatoms. The molecular weight excluding hydrogens is 272 g/mol. The highest BCUT2D eigenvalue weighted by molar-refractivity contribution is 7.07. The lowest BCUT2D eigenvalue weighted by atomic mass is 10.0. The lowest BCUT2D eigenvalue weighted by Crippen LogP contribution is -2.41. The summed E-state index contributed by atoms with van der Waals surface area (Å²) >= 11 is 1.41. The Balaban J connectivity index is 1.78. The third kappa shape index (κ3) is 2.59. The van der Waals surface area contributed by atoms with Gasteiger partial charge in [-0.05, 0) is 18.4 Å². The molecule has 1 saturated heterocycles. The van der Waals surface area contributed by atoms with Crippen molar-refractivity contribution in [3.05, 3.63) is 52.5 Å². The van der Waals surface area contributed by atoms with E-state index in [0.717, 1.165) is 5.56 Å². The van der Waals surface area contributed by atoms with Gasteiger partial charge in [0, 0.05) is 11.9 Å². The molecule has 2 aromatic rings. The summed E-state index contributed by atoms with van der Waals surface area (Å²) < 4.78 is 0. The van der Waals surface area contributed by atoms with E-state index in [1.807, 2.05) is 30.3 Å². The molecule has 2 atom stereocenters. The largest absolute Gasteiger partial charge is 0.391 e. The van der Waals surface area contributed by atoms with Gasteiger partial charge in [-0.1, -0.05) is 30.3 Å². The number of hydrogen-bond acceptors (Lipinski definition) is 4. The third-order valence-corrected chi connectivity index (χ3v) is 4.30.